The first-order chi connectivity index (χ1) is 10.1. The Bertz CT molecular complexity index is 495. The number of ether oxygens (including phenoxy) is 1. The molecule has 124 valence electrons. The second kappa shape index (κ2) is 5.82. The number of fused-ring (bicyclic) bond motifs is 1. The van der Waals surface area contributed by atoms with Crippen LogP contribution in [0.1, 0.15) is 60.8 Å². The summed E-state index contributed by atoms with van der Waals surface area (Å²) in [5.41, 5.74) is 0.596. The molecule has 1 saturated carbocycles. The number of esters is 1. The minimum Gasteiger partial charge on any atom is -0.461 e. The summed E-state index contributed by atoms with van der Waals surface area (Å²) in [6, 6.07) is 0. The van der Waals surface area contributed by atoms with Crippen LogP contribution in [-0.2, 0) is 14.3 Å². The third kappa shape index (κ3) is 3.13. The fourth-order valence-electron chi connectivity index (χ4n) is 3.71. The molecule has 0 spiro atoms. The molecule has 3 aliphatic carbocycles. The van der Waals surface area contributed by atoms with Crippen LogP contribution in [-0.4, -0.2) is 18.4 Å². The normalized spacial score (nSPS) is 30.9. The van der Waals surface area contributed by atoms with Gasteiger partial charge in [0.2, 0.25) is 0 Å². The van der Waals surface area contributed by atoms with Gasteiger partial charge in [0.1, 0.15) is 6.61 Å². The predicted octanol–water partition coefficient (Wildman–Crippen LogP) is 4.16. The van der Waals surface area contributed by atoms with Crippen molar-refractivity contribution < 1.29 is 14.3 Å². The van der Waals surface area contributed by atoms with E-state index < -0.39 is 5.41 Å². The Morgan fingerprint density at radius 1 is 1.36 bits per heavy atom. The lowest BCUT2D eigenvalue weighted by Gasteiger charge is -2.57. The molecule has 3 nitrogen and oxygen atoms in total. The second-order valence-electron chi connectivity index (χ2n) is 8.73. The van der Waals surface area contributed by atoms with Crippen molar-refractivity contribution in [2.75, 3.05) is 6.61 Å². The average Bonchev–Trinajstić information content (AvgIpc) is 2.39. The first-order valence-electron chi connectivity index (χ1n) is 8.47. The van der Waals surface area contributed by atoms with Crippen LogP contribution in [0, 0.1) is 28.6 Å². The molecular weight excluding hydrogens is 276 g/mol. The number of rotatable bonds is 5. The summed E-state index contributed by atoms with van der Waals surface area (Å²) in [7, 11) is 0. The summed E-state index contributed by atoms with van der Waals surface area (Å²) >= 11 is 0. The van der Waals surface area contributed by atoms with Gasteiger partial charge in [0.25, 0.3) is 0 Å². The van der Waals surface area contributed by atoms with Crippen LogP contribution in [0.2, 0.25) is 0 Å². The van der Waals surface area contributed by atoms with Crippen LogP contribution >= 0.6 is 0 Å². The van der Waals surface area contributed by atoms with E-state index in [0.29, 0.717) is 11.8 Å². The van der Waals surface area contributed by atoms with Crippen LogP contribution in [0.25, 0.3) is 0 Å². The molecule has 0 aromatic rings. The number of allylic oxidation sites excluding steroid dienone is 1. The molecule has 3 heteroatoms. The lowest BCUT2D eigenvalue weighted by atomic mass is 9.46. The molecular formula is C19H30O3. The Balaban J connectivity index is 2.04. The number of hydrogen-bond acceptors (Lipinski definition) is 3. The van der Waals surface area contributed by atoms with E-state index in [1.165, 1.54) is 0 Å². The number of carbonyl (C=O) groups is 2. The maximum absolute atomic E-state index is 12.3. The molecule has 0 saturated heterocycles. The molecule has 0 aliphatic heterocycles. The van der Waals surface area contributed by atoms with Gasteiger partial charge in [-0.15, -0.1) is 0 Å². The summed E-state index contributed by atoms with van der Waals surface area (Å²) in [4.78, 5) is 24.3. The van der Waals surface area contributed by atoms with Crippen molar-refractivity contribution in [3.63, 3.8) is 0 Å². The zero-order valence-electron chi connectivity index (χ0n) is 14.9. The second-order valence-corrected chi connectivity index (χ2v) is 8.73. The Morgan fingerprint density at radius 2 is 2.00 bits per heavy atom. The Morgan fingerprint density at radius 3 is 2.50 bits per heavy atom. The number of hydrogen-bond donors (Lipinski definition) is 0. The predicted molar refractivity (Wildman–Crippen MR) is 87.3 cm³/mol. The average molecular weight is 306 g/mol. The molecule has 0 N–H and O–H groups in total. The minimum absolute atomic E-state index is 0.0690. The summed E-state index contributed by atoms with van der Waals surface area (Å²) in [6.45, 7) is 12.5. The van der Waals surface area contributed by atoms with Gasteiger partial charge in [-0.2, -0.15) is 0 Å². The zero-order chi connectivity index (χ0) is 16.7. The quantitative estimate of drug-likeness (QED) is 0.716. The molecule has 0 amide bonds. The molecule has 0 aromatic carbocycles. The van der Waals surface area contributed by atoms with E-state index in [1.54, 1.807) is 6.08 Å². The van der Waals surface area contributed by atoms with Crippen molar-refractivity contribution in [3.05, 3.63) is 11.6 Å². The van der Waals surface area contributed by atoms with E-state index in [1.807, 2.05) is 20.8 Å². The van der Waals surface area contributed by atoms with E-state index in [4.69, 9.17) is 4.74 Å². The van der Waals surface area contributed by atoms with Crippen molar-refractivity contribution >= 4 is 11.8 Å². The highest BCUT2D eigenvalue weighted by Crippen LogP contribution is 2.60. The molecule has 3 aliphatic rings. The van der Waals surface area contributed by atoms with E-state index in [2.05, 4.69) is 20.8 Å². The lowest BCUT2D eigenvalue weighted by Crippen LogP contribution is -2.55. The third-order valence-electron chi connectivity index (χ3n) is 5.42. The maximum atomic E-state index is 12.3. The molecule has 2 bridgehead atoms. The zero-order valence-corrected chi connectivity index (χ0v) is 14.9. The fraction of sp³-hybridized carbons (Fsp3) is 0.789. The fourth-order valence-corrected chi connectivity index (χ4v) is 3.71. The standard InChI is InChI=1S/C19H30O3/c1-12(2)7-8-19(6)14-10-15(19)16(20)9-13(14)11-22-17(21)18(3,4)5/h9,12,14-15H,7-8,10-11H2,1-6H3/t14-,15+,19?/m1/s1. The van der Waals surface area contributed by atoms with Crippen LogP contribution < -0.4 is 0 Å². The number of ketones is 1. The molecule has 0 aromatic heterocycles. The highest BCUT2D eigenvalue weighted by molar-refractivity contribution is 5.96. The SMILES string of the molecule is CC(C)CCC1(C)[C@@H]2C[C@H]1C(=O)C=C2COC(=O)C(C)(C)C. The molecule has 3 rings (SSSR count). The molecule has 1 fully saturated rings. The van der Waals surface area contributed by atoms with Crippen LogP contribution in [0.4, 0.5) is 0 Å². The van der Waals surface area contributed by atoms with Crippen LogP contribution in [0.15, 0.2) is 11.6 Å². The topological polar surface area (TPSA) is 43.4 Å². The number of carbonyl (C=O) groups excluding carboxylic acids is 2. The molecule has 3 atom stereocenters. The van der Waals surface area contributed by atoms with Crippen molar-refractivity contribution in [3.8, 4) is 0 Å². The Hall–Kier alpha value is -1.12. The molecule has 22 heavy (non-hydrogen) atoms. The van der Waals surface area contributed by atoms with Gasteiger partial charge < -0.3 is 4.74 Å². The Labute approximate surface area is 134 Å². The summed E-state index contributed by atoms with van der Waals surface area (Å²) < 4.78 is 5.45. The highest BCUT2D eigenvalue weighted by Gasteiger charge is 2.57. The van der Waals surface area contributed by atoms with Gasteiger partial charge in [-0.25, -0.2) is 0 Å². The molecule has 1 unspecified atom stereocenters. The van der Waals surface area contributed by atoms with E-state index in [9.17, 15) is 9.59 Å². The first kappa shape index (κ1) is 17.2. The summed E-state index contributed by atoms with van der Waals surface area (Å²) in [5, 5.41) is 0. The monoisotopic (exact) mass is 306 g/mol. The van der Waals surface area contributed by atoms with Gasteiger partial charge in [0.15, 0.2) is 5.78 Å². The minimum atomic E-state index is -0.498. The van der Waals surface area contributed by atoms with E-state index in [0.717, 1.165) is 24.8 Å². The van der Waals surface area contributed by atoms with Crippen molar-refractivity contribution in [2.45, 2.75) is 60.8 Å². The van der Waals surface area contributed by atoms with Crippen molar-refractivity contribution in [1.82, 2.24) is 0 Å². The van der Waals surface area contributed by atoms with Crippen LogP contribution in [0.3, 0.4) is 0 Å². The Kier molecular flexibility index (Phi) is 4.56. The van der Waals surface area contributed by atoms with E-state index in [-0.39, 0.29) is 29.7 Å². The third-order valence-corrected chi connectivity index (χ3v) is 5.42. The largest absolute Gasteiger partial charge is 0.461 e. The van der Waals surface area contributed by atoms with Crippen molar-refractivity contribution in [2.24, 2.45) is 28.6 Å². The molecule has 0 radical (unpaired) electrons. The molecule has 0 heterocycles. The summed E-state index contributed by atoms with van der Waals surface area (Å²) in [6.07, 6.45) is 4.90. The van der Waals surface area contributed by atoms with Gasteiger partial charge in [0.05, 0.1) is 5.41 Å². The van der Waals surface area contributed by atoms with Gasteiger partial charge in [-0.1, -0.05) is 27.2 Å². The van der Waals surface area contributed by atoms with Gasteiger partial charge in [-0.05, 0) is 62.5 Å². The summed E-state index contributed by atoms with van der Waals surface area (Å²) in [5.74, 6) is 1.26. The smallest absolute Gasteiger partial charge is 0.311 e. The maximum Gasteiger partial charge on any atom is 0.311 e. The first-order valence-corrected chi connectivity index (χ1v) is 8.47. The lowest BCUT2D eigenvalue weighted by molar-refractivity contribution is -0.154. The van der Waals surface area contributed by atoms with Gasteiger partial charge in [-0.3, -0.25) is 9.59 Å². The van der Waals surface area contributed by atoms with Gasteiger partial charge >= 0.3 is 5.97 Å². The van der Waals surface area contributed by atoms with Crippen LogP contribution in [0.5, 0.6) is 0 Å². The van der Waals surface area contributed by atoms with Gasteiger partial charge in [0, 0.05) is 5.92 Å². The van der Waals surface area contributed by atoms with E-state index >= 15 is 0 Å². The highest BCUT2D eigenvalue weighted by atomic mass is 16.5. The van der Waals surface area contributed by atoms with Crippen molar-refractivity contribution in [1.29, 1.82) is 0 Å².